The van der Waals surface area contributed by atoms with Crippen LogP contribution in [-0.4, -0.2) is 35.6 Å². The molecule has 1 aliphatic heterocycles. The number of aryl methyl sites for hydroxylation is 1. The number of carbonyl (C=O) groups excluding carboxylic acids is 2. The summed E-state index contributed by atoms with van der Waals surface area (Å²) in [5, 5.41) is 13.2. The first kappa shape index (κ1) is 22.2. The number of ketones is 1. The van der Waals surface area contributed by atoms with Gasteiger partial charge in [0.2, 0.25) is 5.91 Å². The molecular weight excluding hydrogens is 426 g/mol. The van der Waals surface area contributed by atoms with Gasteiger partial charge in [0.15, 0.2) is 17.3 Å². The lowest BCUT2D eigenvalue weighted by molar-refractivity contribution is -0.120. The van der Waals surface area contributed by atoms with Crippen molar-refractivity contribution in [3.05, 3.63) is 46.6 Å². The van der Waals surface area contributed by atoms with E-state index in [0.717, 1.165) is 37.0 Å². The van der Waals surface area contributed by atoms with Crippen LogP contribution in [0.5, 0.6) is 11.5 Å². The van der Waals surface area contributed by atoms with Gasteiger partial charge >= 0.3 is 0 Å². The summed E-state index contributed by atoms with van der Waals surface area (Å²) in [4.78, 5) is 29.1. The smallest absolute Gasteiger partial charge is 0.231 e. The van der Waals surface area contributed by atoms with Gasteiger partial charge in [-0.25, -0.2) is 4.98 Å². The number of aromatic nitrogens is 1. The monoisotopic (exact) mass is 451 g/mol. The van der Waals surface area contributed by atoms with E-state index in [1.54, 1.807) is 13.0 Å². The number of carbonyl (C=O) groups is 2. The third kappa shape index (κ3) is 4.44. The third-order valence-electron chi connectivity index (χ3n) is 5.95. The number of hydrogen-bond donors (Lipinski definition) is 1. The Morgan fingerprint density at radius 2 is 1.91 bits per heavy atom. The maximum Gasteiger partial charge on any atom is 0.231 e. The lowest BCUT2D eigenvalue weighted by atomic mass is 9.87. The minimum atomic E-state index is -0.437. The van der Waals surface area contributed by atoms with Gasteiger partial charge in [0.1, 0.15) is 24.3 Å². The molecule has 0 atom stereocenters. The summed E-state index contributed by atoms with van der Waals surface area (Å²) in [7, 11) is 0. The molecule has 1 aromatic heterocycles. The zero-order chi connectivity index (χ0) is 22.7. The van der Waals surface area contributed by atoms with Crippen molar-refractivity contribution in [2.75, 3.05) is 19.0 Å². The highest BCUT2D eigenvalue weighted by molar-refractivity contribution is 8.00. The predicted molar refractivity (Wildman–Crippen MR) is 120 cm³/mol. The minimum Gasteiger partial charge on any atom is -0.486 e. The Kier molecular flexibility index (Phi) is 6.38. The fourth-order valence-electron chi connectivity index (χ4n) is 4.37. The van der Waals surface area contributed by atoms with Crippen LogP contribution >= 0.6 is 11.8 Å². The summed E-state index contributed by atoms with van der Waals surface area (Å²) in [6, 6.07) is 9.53. The Morgan fingerprint density at radius 1 is 1.19 bits per heavy atom. The van der Waals surface area contributed by atoms with E-state index in [-0.39, 0.29) is 17.4 Å². The maximum atomic E-state index is 12.9. The van der Waals surface area contributed by atoms with E-state index in [2.05, 4.69) is 16.4 Å². The molecule has 1 aliphatic carbocycles. The van der Waals surface area contributed by atoms with Gasteiger partial charge in [-0.3, -0.25) is 9.59 Å². The lowest BCUT2D eigenvalue weighted by Gasteiger charge is -2.32. The van der Waals surface area contributed by atoms with E-state index in [4.69, 9.17) is 9.47 Å². The number of nitrogens with one attached hydrogen (secondary N) is 1. The lowest BCUT2D eigenvalue weighted by Crippen LogP contribution is -2.44. The van der Waals surface area contributed by atoms with Crippen molar-refractivity contribution in [1.82, 2.24) is 10.3 Å². The molecule has 0 bridgehead atoms. The van der Waals surface area contributed by atoms with Crippen LogP contribution in [0, 0.1) is 18.3 Å². The van der Waals surface area contributed by atoms with Crippen molar-refractivity contribution in [2.45, 2.75) is 50.1 Å². The molecule has 1 saturated carbocycles. The van der Waals surface area contributed by atoms with Gasteiger partial charge in [-0.1, -0.05) is 30.7 Å². The molecule has 4 rings (SSSR count). The number of thioether (sulfide) groups is 1. The van der Waals surface area contributed by atoms with E-state index in [0.29, 0.717) is 40.8 Å². The van der Waals surface area contributed by atoms with Crippen LogP contribution in [0.1, 0.15) is 59.8 Å². The van der Waals surface area contributed by atoms with Gasteiger partial charge in [0.05, 0.1) is 16.9 Å². The van der Waals surface area contributed by atoms with E-state index < -0.39 is 5.54 Å². The largest absolute Gasteiger partial charge is 0.486 e. The highest BCUT2D eigenvalue weighted by atomic mass is 32.2. The van der Waals surface area contributed by atoms with Crippen molar-refractivity contribution >= 4 is 23.5 Å². The second-order valence-corrected chi connectivity index (χ2v) is 9.09. The first-order chi connectivity index (χ1) is 15.4. The van der Waals surface area contributed by atoms with E-state index in [9.17, 15) is 14.9 Å². The predicted octanol–water partition coefficient (Wildman–Crippen LogP) is 3.91. The number of benzene rings is 1. The summed E-state index contributed by atoms with van der Waals surface area (Å²) in [6.45, 7) is 4.24. The molecule has 2 aromatic rings. The van der Waals surface area contributed by atoms with Gasteiger partial charge in [0, 0.05) is 11.3 Å². The topological polar surface area (TPSA) is 101 Å². The van der Waals surface area contributed by atoms with Crippen LogP contribution in [0.3, 0.4) is 0 Å². The number of rotatable bonds is 6. The van der Waals surface area contributed by atoms with Crippen molar-refractivity contribution in [3.8, 4) is 17.6 Å². The van der Waals surface area contributed by atoms with Crippen LogP contribution in [0.15, 0.2) is 29.3 Å². The Bertz CT molecular complexity index is 1100. The fraction of sp³-hybridized carbons (Fsp3) is 0.417. The van der Waals surface area contributed by atoms with Crippen LogP contribution in [0.2, 0.25) is 0 Å². The van der Waals surface area contributed by atoms with Crippen molar-refractivity contribution in [3.63, 3.8) is 0 Å². The van der Waals surface area contributed by atoms with Crippen molar-refractivity contribution in [2.24, 2.45) is 0 Å². The molecule has 0 radical (unpaired) electrons. The average Bonchev–Trinajstić information content (AvgIpc) is 3.26. The molecule has 166 valence electrons. The zero-order valence-electron chi connectivity index (χ0n) is 18.2. The molecule has 0 saturated heterocycles. The summed E-state index contributed by atoms with van der Waals surface area (Å²) in [5.74, 6) is 1.32. The van der Waals surface area contributed by atoms with Gasteiger partial charge < -0.3 is 14.8 Å². The quantitative estimate of drug-likeness (QED) is 0.525. The molecule has 1 N–H and O–H groups in total. The number of nitrogens with zero attached hydrogens (tertiary/aromatic N) is 2. The number of pyridine rings is 1. The maximum absolute atomic E-state index is 12.9. The van der Waals surface area contributed by atoms with Crippen LogP contribution in [0.25, 0.3) is 0 Å². The molecule has 0 unspecified atom stereocenters. The highest BCUT2D eigenvalue weighted by Crippen LogP contribution is 2.42. The van der Waals surface area contributed by atoms with Gasteiger partial charge in [0.25, 0.3) is 0 Å². The Morgan fingerprint density at radius 3 is 2.59 bits per heavy atom. The summed E-state index contributed by atoms with van der Waals surface area (Å²) >= 11 is 1.21. The molecule has 7 nitrogen and oxygen atoms in total. The Balaban J connectivity index is 1.50. The van der Waals surface area contributed by atoms with Crippen molar-refractivity contribution in [1.29, 1.82) is 5.26 Å². The normalized spacial score (nSPS) is 16.3. The molecular formula is C24H25N3O4S. The van der Waals surface area contributed by atoms with Gasteiger partial charge in [-0.2, -0.15) is 5.26 Å². The molecule has 2 heterocycles. The fourth-order valence-corrected chi connectivity index (χ4v) is 5.17. The summed E-state index contributed by atoms with van der Waals surface area (Å²) < 4.78 is 11.4. The number of hydrogen-bond acceptors (Lipinski definition) is 7. The summed E-state index contributed by atoms with van der Waals surface area (Å²) in [5.41, 5.74) is 1.88. The first-order valence-corrected chi connectivity index (χ1v) is 11.7. The van der Waals surface area contributed by atoms with Crippen LogP contribution in [-0.2, 0) is 10.3 Å². The SMILES string of the molecule is CC(=O)c1cc(C#N)c(SCC(=O)NC2(c3ccc4c(c3)OCCO4)CCCC2)nc1C. The number of ether oxygens (including phenoxy) is 2. The number of Topliss-reactive ketones (excluding diaryl/α,β-unsaturated/α-hetero) is 1. The van der Waals surface area contributed by atoms with E-state index in [1.165, 1.54) is 18.7 Å². The number of fused-ring (bicyclic) bond motifs is 1. The average molecular weight is 452 g/mol. The van der Waals surface area contributed by atoms with Crippen LogP contribution < -0.4 is 14.8 Å². The highest BCUT2D eigenvalue weighted by Gasteiger charge is 2.38. The molecule has 32 heavy (non-hydrogen) atoms. The molecule has 0 spiro atoms. The molecule has 1 amide bonds. The molecule has 1 fully saturated rings. The third-order valence-corrected chi connectivity index (χ3v) is 6.94. The standard InChI is InChI=1S/C24H25N3O4S/c1-15-19(16(2)28)11-17(13-25)23(26-15)32-14-22(29)27-24(7-3-4-8-24)18-5-6-20-21(12-18)31-10-9-30-20/h5-6,11-12H,3-4,7-10,14H2,1-2H3,(H,27,29). The summed E-state index contributed by atoms with van der Waals surface area (Å²) in [6.07, 6.45) is 3.79. The molecule has 2 aliphatic rings. The Hall–Kier alpha value is -3.05. The van der Waals surface area contributed by atoms with E-state index in [1.807, 2.05) is 18.2 Å². The number of amides is 1. The van der Waals surface area contributed by atoms with Crippen LogP contribution in [0.4, 0.5) is 0 Å². The first-order valence-electron chi connectivity index (χ1n) is 10.7. The second-order valence-electron chi connectivity index (χ2n) is 8.13. The zero-order valence-corrected chi connectivity index (χ0v) is 19.0. The molecule has 1 aromatic carbocycles. The van der Waals surface area contributed by atoms with Gasteiger partial charge in [-0.05, 0) is 50.5 Å². The van der Waals surface area contributed by atoms with Gasteiger partial charge in [-0.15, -0.1) is 0 Å². The number of nitriles is 1. The Labute approximate surface area is 191 Å². The minimum absolute atomic E-state index is 0.120. The molecule has 8 heteroatoms. The van der Waals surface area contributed by atoms with E-state index >= 15 is 0 Å². The second kappa shape index (κ2) is 9.21. The van der Waals surface area contributed by atoms with Crippen molar-refractivity contribution < 1.29 is 19.1 Å².